The van der Waals surface area contributed by atoms with Crippen LogP contribution in [0.1, 0.15) is 50.3 Å². The molecule has 2 aromatic rings. The molecule has 0 saturated heterocycles. The third-order valence-electron chi connectivity index (χ3n) is 5.85. The van der Waals surface area contributed by atoms with Gasteiger partial charge in [-0.1, -0.05) is 6.42 Å². The number of guanidine groups is 2. The molecule has 1 saturated carbocycles. The number of nitrogens with two attached hydrogens (primary N) is 2. The summed E-state index contributed by atoms with van der Waals surface area (Å²) < 4.78 is 7.94. The molecule has 0 atom stereocenters. The third-order valence-corrected chi connectivity index (χ3v) is 5.85. The second-order valence-electron chi connectivity index (χ2n) is 7.67. The molecule has 8 nitrogen and oxygen atoms in total. The molecule has 29 heavy (non-hydrogen) atoms. The van der Waals surface area contributed by atoms with Gasteiger partial charge < -0.3 is 16.2 Å². The highest BCUT2D eigenvalue weighted by molar-refractivity contribution is 6.05. The summed E-state index contributed by atoms with van der Waals surface area (Å²) >= 11 is 0. The summed E-state index contributed by atoms with van der Waals surface area (Å²) in [7, 11) is 0. The Kier molecular flexibility index (Phi) is 5.17. The molecule has 154 valence electrons. The van der Waals surface area contributed by atoms with Crippen LogP contribution in [-0.2, 0) is 13.2 Å². The predicted molar refractivity (Wildman–Crippen MR) is 115 cm³/mol. The summed E-state index contributed by atoms with van der Waals surface area (Å²) in [5, 5.41) is 4.36. The van der Waals surface area contributed by atoms with Crippen molar-refractivity contribution in [1.82, 2.24) is 9.78 Å². The maximum atomic E-state index is 6.29. The number of nitrogens with zero attached hydrogens (tertiary/aromatic N) is 5. The van der Waals surface area contributed by atoms with Gasteiger partial charge in [0.25, 0.3) is 0 Å². The van der Waals surface area contributed by atoms with Crippen LogP contribution in [-0.4, -0.2) is 27.4 Å². The summed E-state index contributed by atoms with van der Waals surface area (Å²) in [6.07, 6.45) is 7.13. The molecule has 2 heterocycles. The highest BCUT2D eigenvalue weighted by Gasteiger charge is 2.42. The van der Waals surface area contributed by atoms with Crippen molar-refractivity contribution in [2.75, 3.05) is 4.90 Å². The highest BCUT2D eigenvalue weighted by atomic mass is 16.5. The van der Waals surface area contributed by atoms with Crippen LogP contribution in [0.15, 0.2) is 40.4 Å². The fourth-order valence-corrected chi connectivity index (χ4v) is 4.29. The first kappa shape index (κ1) is 19.3. The Bertz CT molecular complexity index is 923. The Morgan fingerprint density at radius 2 is 1.83 bits per heavy atom. The molecule has 0 amide bonds. The predicted octanol–water partition coefficient (Wildman–Crippen LogP) is 2.90. The fraction of sp³-hybridized carbons (Fsp3) is 0.476. The van der Waals surface area contributed by atoms with E-state index >= 15 is 0 Å². The maximum absolute atomic E-state index is 6.29. The van der Waals surface area contributed by atoms with Gasteiger partial charge in [-0.15, -0.1) is 0 Å². The minimum absolute atomic E-state index is 0.267. The van der Waals surface area contributed by atoms with Gasteiger partial charge in [0.2, 0.25) is 11.9 Å². The van der Waals surface area contributed by atoms with E-state index in [0.29, 0.717) is 12.6 Å². The number of hydrogen-bond acceptors (Lipinski definition) is 7. The molecule has 0 unspecified atom stereocenters. The van der Waals surface area contributed by atoms with Crippen LogP contribution in [0.2, 0.25) is 0 Å². The zero-order valence-electron chi connectivity index (χ0n) is 17.1. The van der Waals surface area contributed by atoms with E-state index in [0.717, 1.165) is 54.9 Å². The smallest absolute Gasteiger partial charge is 0.220 e. The average molecular weight is 396 g/mol. The molecular weight excluding hydrogens is 366 g/mol. The maximum Gasteiger partial charge on any atom is 0.220 e. The van der Waals surface area contributed by atoms with Crippen LogP contribution in [0, 0.1) is 6.92 Å². The minimum Gasteiger partial charge on any atom is -0.489 e. The highest BCUT2D eigenvalue weighted by Crippen LogP contribution is 2.39. The molecular formula is C21H29N7O. The lowest BCUT2D eigenvalue weighted by atomic mass is 9.87. The molecule has 1 aromatic carbocycles. The minimum atomic E-state index is -0.428. The zero-order chi connectivity index (χ0) is 20.4. The van der Waals surface area contributed by atoms with Crippen LogP contribution in [0.25, 0.3) is 0 Å². The van der Waals surface area contributed by atoms with Gasteiger partial charge in [-0.3, -0.25) is 9.58 Å². The van der Waals surface area contributed by atoms with E-state index in [9.17, 15) is 0 Å². The molecule has 1 spiro atoms. The molecule has 0 bridgehead atoms. The Hall–Kier alpha value is -3.03. The van der Waals surface area contributed by atoms with Crippen molar-refractivity contribution in [1.29, 1.82) is 0 Å². The Morgan fingerprint density at radius 1 is 1.10 bits per heavy atom. The molecule has 1 aliphatic carbocycles. The lowest BCUT2D eigenvalue weighted by Crippen LogP contribution is -2.58. The lowest BCUT2D eigenvalue weighted by Gasteiger charge is -2.45. The van der Waals surface area contributed by atoms with Gasteiger partial charge in [0.05, 0.1) is 6.20 Å². The first-order valence-electron chi connectivity index (χ1n) is 10.3. The van der Waals surface area contributed by atoms with Crippen LogP contribution in [0.5, 0.6) is 5.75 Å². The van der Waals surface area contributed by atoms with E-state index in [-0.39, 0.29) is 5.96 Å². The number of hydrogen-bond donors (Lipinski definition) is 2. The largest absolute Gasteiger partial charge is 0.489 e. The van der Waals surface area contributed by atoms with Crippen LogP contribution in [0.4, 0.5) is 5.69 Å². The number of aryl methyl sites for hydroxylation is 1. The molecule has 1 fully saturated rings. The first-order chi connectivity index (χ1) is 14.0. The molecule has 8 heteroatoms. The van der Waals surface area contributed by atoms with E-state index < -0.39 is 5.66 Å². The van der Waals surface area contributed by atoms with Gasteiger partial charge in [0.1, 0.15) is 18.0 Å². The standard InChI is InChI=1S/C21H29N7O/c1-3-27-15(2)16(13-24-27)14-29-18-9-7-17(8-10-18)28-20(23)25-19(22)26-21(28)11-5-4-6-12-21/h7-10,13H,3-6,11-12,14H2,1-2H3,(H4,22,23,25,26). The topological polar surface area (TPSA) is 107 Å². The van der Waals surface area contributed by atoms with Crippen molar-refractivity contribution in [2.45, 2.75) is 64.8 Å². The summed E-state index contributed by atoms with van der Waals surface area (Å²) in [5.74, 6) is 1.46. The summed E-state index contributed by atoms with van der Waals surface area (Å²) in [4.78, 5) is 11.0. The number of aliphatic imine (C=N–C) groups is 2. The SMILES string of the molecule is CCn1ncc(COc2ccc(N3C(N)=NC(N)=NC34CCCCC4)cc2)c1C. The van der Waals surface area contributed by atoms with Crippen molar-refractivity contribution in [2.24, 2.45) is 21.5 Å². The van der Waals surface area contributed by atoms with E-state index in [1.807, 2.05) is 40.0 Å². The second-order valence-corrected chi connectivity index (χ2v) is 7.67. The summed E-state index contributed by atoms with van der Waals surface area (Å²) in [6, 6.07) is 7.93. The number of aromatic nitrogens is 2. The molecule has 1 aromatic heterocycles. The van der Waals surface area contributed by atoms with Crippen LogP contribution < -0.4 is 21.1 Å². The van der Waals surface area contributed by atoms with Gasteiger partial charge in [0.15, 0.2) is 0 Å². The van der Waals surface area contributed by atoms with Gasteiger partial charge in [-0.2, -0.15) is 10.1 Å². The van der Waals surface area contributed by atoms with Crippen molar-refractivity contribution in [3.63, 3.8) is 0 Å². The lowest BCUT2D eigenvalue weighted by molar-refractivity contribution is 0.302. The van der Waals surface area contributed by atoms with E-state index in [4.69, 9.17) is 21.2 Å². The normalized spacial score (nSPS) is 18.5. The fourth-order valence-electron chi connectivity index (χ4n) is 4.29. The Morgan fingerprint density at radius 3 is 2.48 bits per heavy atom. The van der Waals surface area contributed by atoms with Gasteiger partial charge >= 0.3 is 0 Å². The molecule has 0 radical (unpaired) electrons. The van der Waals surface area contributed by atoms with Crippen LogP contribution >= 0.6 is 0 Å². The second kappa shape index (κ2) is 7.77. The number of rotatable bonds is 5. The van der Waals surface area contributed by atoms with Gasteiger partial charge in [-0.05, 0) is 63.8 Å². The monoisotopic (exact) mass is 395 g/mol. The average Bonchev–Trinajstić information content (AvgIpc) is 3.07. The van der Waals surface area contributed by atoms with E-state index in [1.54, 1.807) is 0 Å². The molecule has 2 aliphatic rings. The van der Waals surface area contributed by atoms with Crippen molar-refractivity contribution in [3.05, 3.63) is 41.7 Å². The summed E-state index contributed by atoms with van der Waals surface area (Å²) in [5.41, 5.74) is 15.0. The molecule has 4 rings (SSSR count). The van der Waals surface area contributed by atoms with Crippen molar-refractivity contribution >= 4 is 17.6 Å². The molecule has 4 N–H and O–H groups in total. The van der Waals surface area contributed by atoms with E-state index in [1.165, 1.54) is 6.42 Å². The van der Waals surface area contributed by atoms with Crippen molar-refractivity contribution < 1.29 is 4.74 Å². The quantitative estimate of drug-likeness (QED) is 0.809. The van der Waals surface area contributed by atoms with Crippen molar-refractivity contribution in [3.8, 4) is 5.75 Å². The third kappa shape index (κ3) is 3.66. The number of ether oxygens (including phenoxy) is 1. The zero-order valence-corrected chi connectivity index (χ0v) is 17.1. The summed E-state index contributed by atoms with van der Waals surface area (Å²) in [6.45, 7) is 5.49. The first-order valence-corrected chi connectivity index (χ1v) is 10.3. The number of anilines is 1. The van der Waals surface area contributed by atoms with Gasteiger partial charge in [0, 0.05) is 23.5 Å². The van der Waals surface area contributed by atoms with Gasteiger partial charge in [-0.25, -0.2) is 4.99 Å². The molecule has 1 aliphatic heterocycles. The Balaban J connectivity index is 1.52. The van der Waals surface area contributed by atoms with Crippen LogP contribution in [0.3, 0.4) is 0 Å². The number of benzene rings is 1. The Labute approximate surface area is 171 Å². The van der Waals surface area contributed by atoms with E-state index in [2.05, 4.69) is 23.9 Å².